The Kier molecular flexibility index (Phi) is 5.18. The van der Waals surface area contributed by atoms with E-state index in [0.29, 0.717) is 18.5 Å². The molecule has 19 heavy (non-hydrogen) atoms. The fourth-order valence-electron chi connectivity index (χ4n) is 2.45. The van der Waals surface area contributed by atoms with Crippen molar-refractivity contribution in [2.24, 2.45) is 17.8 Å². The standard InChI is InChI=1S/C13H24N6/c1-19-10-16-12(18-19)8-9-15-13(14)17-11-6-4-2-3-5-7-11/h10-11H,2-9H2,1H3,(H3,14,15,17). The first-order chi connectivity index (χ1) is 9.24. The Morgan fingerprint density at radius 1 is 1.42 bits per heavy atom. The van der Waals surface area contributed by atoms with Crippen molar-refractivity contribution in [2.45, 2.75) is 51.0 Å². The number of hydrogen-bond donors (Lipinski definition) is 2. The van der Waals surface area contributed by atoms with E-state index in [1.807, 2.05) is 7.05 Å². The van der Waals surface area contributed by atoms with Crippen molar-refractivity contribution in [3.8, 4) is 0 Å². The normalized spacial score (nSPS) is 18.3. The molecule has 106 valence electrons. The summed E-state index contributed by atoms with van der Waals surface area (Å²) < 4.78 is 1.70. The van der Waals surface area contributed by atoms with Crippen LogP contribution in [0.5, 0.6) is 0 Å². The molecule has 2 rings (SSSR count). The third kappa shape index (κ3) is 4.89. The van der Waals surface area contributed by atoms with Gasteiger partial charge in [-0.15, -0.1) is 0 Å². The lowest BCUT2D eigenvalue weighted by Crippen LogP contribution is -2.40. The van der Waals surface area contributed by atoms with E-state index in [1.165, 1.54) is 38.5 Å². The van der Waals surface area contributed by atoms with Gasteiger partial charge >= 0.3 is 0 Å². The van der Waals surface area contributed by atoms with E-state index < -0.39 is 0 Å². The summed E-state index contributed by atoms with van der Waals surface area (Å²) >= 11 is 0. The van der Waals surface area contributed by atoms with Crippen LogP contribution in [-0.4, -0.2) is 33.3 Å². The van der Waals surface area contributed by atoms with Crippen LogP contribution in [0.15, 0.2) is 11.3 Å². The summed E-state index contributed by atoms with van der Waals surface area (Å²) in [7, 11) is 1.86. The second-order valence-electron chi connectivity index (χ2n) is 5.18. The van der Waals surface area contributed by atoms with Crippen molar-refractivity contribution in [3.63, 3.8) is 0 Å². The average molecular weight is 264 g/mol. The van der Waals surface area contributed by atoms with Gasteiger partial charge in [0.25, 0.3) is 0 Å². The van der Waals surface area contributed by atoms with Gasteiger partial charge in [0, 0.05) is 26.1 Å². The SMILES string of the molecule is Cn1cnc(CCN=C(N)NC2CCCCCC2)n1. The molecule has 1 aromatic heterocycles. The summed E-state index contributed by atoms with van der Waals surface area (Å²) in [4.78, 5) is 8.51. The second kappa shape index (κ2) is 7.11. The molecule has 0 spiro atoms. The zero-order chi connectivity index (χ0) is 13.5. The Balaban J connectivity index is 1.72. The molecular weight excluding hydrogens is 240 g/mol. The summed E-state index contributed by atoms with van der Waals surface area (Å²) in [6.07, 6.45) is 10.1. The summed E-state index contributed by atoms with van der Waals surface area (Å²) in [6, 6.07) is 0.499. The van der Waals surface area contributed by atoms with Crippen molar-refractivity contribution in [2.75, 3.05) is 6.54 Å². The van der Waals surface area contributed by atoms with Crippen LogP contribution < -0.4 is 11.1 Å². The molecule has 0 unspecified atom stereocenters. The van der Waals surface area contributed by atoms with Gasteiger partial charge in [-0.1, -0.05) is 25.7 Å². The molecule has 1 heterocycles. The van der Waals surface area contributed by atoms with Gasteiger partial charge in [0.05, 0.1) is 0 Å². The number of aliphatic imine (C=N–C) groups is 1. The molecule has 6 nitrogen and oxygen atoms in total. The Morgan fingerprint density at radius 2 is 2.16 bits per heavy atom. The van der Waals surface area contributed by atoms with Crippen LogP contribution in [0.4, 0.5) is 0 Å². The molecule has 1 aromatic rings. The van der Waals surface area contributed by atoms with Crippen LogP contribution in [0.3, 0.4) is 0 Å². The molecule has 0 bridgehead atoms. The summed E-state index contributed by atoms with van der Waals surface area (Å²) in [6.45, 7) is 0.634. The number of guanidine groups is 1. The Morgan fingerprint density at radius 3 is 2.79 bits per heavy atom. The molecule has 1 aliphatic rings. The zero-order valence-corrected chi connectivity index (χ0v) is 11.7. The van der Waals surface area contributed by atoms with Gasteiger partial charge in [-0.3, -0.25) is 9.67 Å². The highest BCUT2D eigenvalue weighted by Gasteiger charge is 2.12. The zero-order valence-electron chi connectivity index (χ0n) is 11.7. The molecule has 6 heteroatoms. The minimum absolute atomic E-state index is 0.499. The van der Waals surface area contributed by atoms with E-state index in [9.17, 15) is 0 Å². The number of nitrogens with two attached hydrogens (primary N) is 1. The third-order valence-electron chi connectivity index (χ3n) is 3.47. The van der Waals surface area contributed by atoms with Crippen molar-refractivity contribution < 1.29 is 0 Å². The van der Waals surface area contributed by atoms with Crippen molar-refractivity contribution in [1.82, 2.24) is 20.1 Å². The highest BCUT2D eigenvalue weighted by atomic mass is 15.3. The third-order valence-corrected chi connectivity index (χ3v) is 3.47. The van der Waals surface area contributed by atoms with E-state index in [4.69, 9.17) is 5.73 Å². The Bertz CT molecular complexity index is 403. The molecule has 1 saturated carbocycles. The van der Waals surface area contributed by atoms with E-state index in [0.717, 1.165) is 12.2 Å². The number of aryl methyl sites for hydroxylation is 1. The predicted octanol–water partition coefficient (Wildman–Crippen LogP) is 0.985. The van der Waals surface area contributed by atoms with Gasteiger partial charge < -0.3 is 11.1 Å². The summed E-state index contributed by atoms with van der Waals surface area (Å²) in [5, 5.41) is 7.54. The maximum absolute atomic E-state index is 5.92. The second-order valence-corrected chi connectivity index (χ2v) is 5.18. The lowest BCUT2D eigenvalue weighted by molar-refractivity contribution is 0.530. The molecule has 1 aliphatic carbocycles. The summed E-state index contributed by atoms with van der Waals surface area (Å²) in [5.74, 6) is 1.37. The summed E-state index contributed by atoms with van der Waals surface area (Å²) in [5.41, 5.74) is 5.92. The lowest BCUT2D eigenvalue weighted by Gasteiger charge is -2.16. The molecule has 0 amide bonds. The van der Waals surface area contributed by atoms with Gasteiger partial charge in [0.15, 0.2) is 11.8 Å². The smallest absolute Gasteiger partial charge is 0.188 e. The van der Waals surface area contributed by atoms with Gasteiger partial charge in [0.2, 0.25) is 0 Å². The molecular formula is C13H24N6. The average Bonchev–Trinajstić information content (AvgIpc) is 2.63. The van der Waals surface area contributed by atoms with Crippen molar-refractivity contribution >= 4 is 5.96 Å². The topological polar surface area (TPSA) is 81.1 Å². The number of aromatic nitrogens is 3. The largest absolute Gasteiger partial charge is 0.370 e. The van der Waals surface area contributed by atoms with Gasteiger partial charge in [-0.2, -0.15) is 5.10 Å². The Hall–Kier alpha value is -1.59. The van der Waals surface area contributed by atoms with Gasteiger partial charge in [-0.05, 0) is 12.8 Å². The van der Waals surface area contributed by atoms with Crippen LogP contribution in [-0.2, 0) is 13.5 Å². The fourth-order valence-corrected chi connectivity index (χ4v) is 2.45. The van der Waals surface area contributed by atoms with E-state index in [1.54, 1.807) is 11.0 Å². The Labute approximate surface area is 114 Å². The molecule has 0 aromatic carbocycles. The van der Waals surface area contributed by atoms with Crippen molar-refractivity contribution in [1.29, 1.82) is 0 Å². The minimum Gasteiger partial charge on any atom is -0.370 e. The van der Waals surface area contributed by atoms with E-state index in [2.05, 4.69) is 20.4 Å². The number of rotatable bonds is 4. The minimum atomic E-state index is 0.499. The molecule has 0 atom stereocenters. The maximum atomic E-state index is 5.92. The van der Waals surface area contributed by atoms with E-state index >= 15 is 0 Å². The number of hydrogen-bond acceptors (Lipinski definition) is 3. The number of nitrogens with zero attached hydrogens (tertiary/aromatic N) is 4. The van der Waals surface area contributed by atoms with Crippen LogP contribution in [0, 0.1) is 0 Å². The molecule has 0 aliphatic heterocycles. The molecule has 1 fully saturated rings. The quantitative estimate of drug-likeness (QED) is 0.482. The first-order valence-corrected chi connectivity index (χ1v) is 7.15. The van der Waals surface area contributed by atoms with Gasteiger partial charge in [-0.25, -0.2) is 4.98 Å². The first-order valence-electron chi connectivity index (χ1n) is 7.15. The van der Waals surface area contributed by atoms with Crippen LogP contribution >= 0.6 is 0 Å². The van der Waals surface area contributed by atoms with Gasteiger partial charge in [0.1, 0.15) is 6.33 Å². The lowest BCUT2D eigenvalue weighted by atomic mass is 10.1. The number of nitrogens with one attached hydrogen (secondary N) is 1. The monoisotopic (exact) mass is 264 g/mol. The molecule has 0 saturated heterocycles. The van der Waals surface area contributed by atoms with Crippen LogP contribution in [0.25, 0.3) is 0 Å². The molecule has 3 N–H and O–H groups in total. The van der Waals surface area contributed by atoms with E-state index in [-0.39, 0.29) is 0 Å². The van der Waals surface area contributed by atoms with Crippen LogP contribution in [0.2, 0.25) is 0 Å². The fraction of sp³-hybridized carbons (Fsp3) is 0.769. The maximum Gasteiger partial charge on any atom is 0.188 e. The highest BCUT2D eigenvalue weighted by Crippen LogP contribution is 2.16. The predicted molar refractivity (Wildman–Crippen MR) is 75.8 cm³/mol. The highest BCUT2D eigenvalue weighted by molar-refractivity contribution is 5.78. The molecule has 0 radical (unpaired) electrons. The first kappa shape index (κ1) is 13.8. The van der Waals surface area contributed by atoms with Crippen molar-refractivity contribution in [3.05, 3.63) is 12.2 Å². The van der Waals surface area contributed by atoms with Crippen LogP contribution in [0.1, 0.15) is 44.3 Å².